The summed E-state index contributed by atoms with van der Waals surface area (Å²) in [5, 5.41) is 7.43. The van der Waals surface area contributed by atoms with Crippen LogP contribution in [0.1, 0.15) is 41.0 Å². The van der Waals surface area contributed by atoms with Crippen molar-refractivity contribution in [2.45, 2.75) is 25.8 Å². The van der Waals surface area contributed by atoms with Crippen LogP contribution in [0, 0.1) is 5.92 Å². The average Bonchev–Trinajstić information content (AvgIpc) is 3.27. The molecule has 0 unspecified atom stereocenters. The van der Waals surface area contributed by atoms with E-state index in [-0.39, 0.29) is 23.8 Å². The quantitative estimate of drug-likeness (QED) is 0.704. The molecular formula is C23H24N2O2S. The van der Waals surface area contributed by atoms with Crippen molar-refractivity contribution in [3.63, 3.8) is 0 Å². The van der Waals surface area contributed by atoms with E-state index >= 15 is 0 Å². The molecule has 1 aromatic heterocycles. The van der Waals surface area contributed by atoms with Gasteiger partial charge in [-0.05, 0) is 53.6 Å². The number of amides is 2. The Morgan fingerprint density at radius 1 is 1.11 bits per heavy atom. The maximum atomic E-state index is 12.9. The number of rotatable bonds is 4. The number of benzene rings is 2. The number of piperidine rings is 1. The second kappa shape index (κ2) is 8.15. The highest BCUT2D eigenvalue weighted by atomic mass is 32.1. The Labute approximate surface area is 169 Å². The van der Waals surface area contributed by atoms with Gasteiger partial charge in [0.05, 0.1) is 16.8 Å². The zero-order valence-electron chi connectivity index (χ0n) is 15.9. The molecule has 1 fully saturated rings. The number of likely N-dealkylation sites (tertiary alicyclic amines) is 1. The second-order valence-corrected chi connectivity index (χ2v) is 8.35. The largest absolute Gasteiger partial charge is 0.349 e. The summed E-state index contributed by atoms with van der Waals surface area (Å²) >= 11 is 1.45. The van der Waals surface area contributed by atoms with Gasteiger partial charge < -0.3 is 10.2 Å². The predicted molar refractivity (Wildman–Crippen MR) is 113 cm³/mol. The van der Waals surface area contributed by atoms with Gasteiger partial charge in [-0.1, -0.05) is 42.5 Å². The molecule has 3 aromatic rings. The summed E-state index contributed by atoms with van der Waals surface area (Å²) in [6.07, 6.45) is 1.68. The van der Waals surface area contributed by atoms with Gasteiger partial charge in [0, 0.05) is 13.1 Å². The lowest BCUT2D eigenvalue weighted by molar-refractivity contribution is -0.127. The fourth-order valence-electron chi connectivity index (χ4n) is 3.82. The SMILES string of the molecule is C[C@@H](NC(=O)[C@H]1CCCN(C(=O)c2cccs2)C1)c1ccc2ccccc2c1. The highest BCUT2D eigenvalue weighted by Gasteiger charge is 2.29. The van der Waals surface area contributed by atoms with Crippen LogP contribution in [0.3, 0.4) is 0 Å². The van der Waals surface area contributed by atoms with E-state index in [9.17, 15) is 9.59 Å². The van der Waals surface area contributed by atoms with Crippen LogP contribution < -0.4 is 5.32 Å². The first-order chi connectivity index (χ1) is 13.6. The Morgan fingerprint density at radius 3 is 2.71 bits per heavy atom. The van der Waals surface area contributed by atoms with Crippen LogP contribution in [-0.2, 0) is 4.79 Å². The average molecular weight is 393 g/mol. The molecule has 2 heterocycles. The van der Waals surface area contributed by atoms with E-state index in [4.69, 9.17) is 0 Å². The molecule has 1 aliphatic rings. The van der Waals surface area contributed by atoms with Crippen molar-refractivity contribution < 1.29 is 9.59 Å². The maximum Gasteiger partial charge on any atom is 0.263 e. The van der Waals surface area contributed by atoms with Gasteiger partial charge in [-0.2, -0.15) is 0 Å². The van der Waals surface area contributed by atoms with Gasteiger partial charge in [-0.15, -0.1) is 11.3 Å². The topological polar surface area (TPSA) is 49.4 Å². The van der Waals surface area contributed by atoms with E-state index in [1.165, 1.54) is 22.1 Å². The molecular weight excluding hydrogens is 368 g/mol. The van der Waals surface area contributed by atoms with Crippen LogP contribution in [0.2, 0.25) is 0 Å². The van der Waals surface area contributed by atoms with Gasteiger partial charge in [0.15, 0.2) is 0 Å². The van der Waals surface area contributed by atoms with Crippen LogP contribution >= 0.6 is 11.3 Å². The molecule has 1 aliphatic heterocycles. The van der Waals surface area contributed by atoms with E-state index in [1.807, 2.05) is 41.5 Å². The minimum absolute atomic E-state index is 0.0318. The van der Waals surface area contributed by atoms with Crippen molar-refractivity contribution in [1.29, 1.82) is 0 Å². The Kier molecular flexibility index (Phi) is 5.44. The Hall–Kier alpha value is -2.66. The molecule has 4 nitrogen and oxygen atoms in total. The molecule has 144 valence electrons. The van der Waals surface area contributed by atoms with E-state index in [0.29, 0.717) is 6.54 Å². The zero-order valence-corrected chi connectivity index (χ0v) is 16.7. The van der Waals surface area contributed by atoms with Crippen LogP contribution in [-0.4, -0.2) is 29.8 Å². The third kappa shape index (κ3) is 3.94. The van der Waals surface area contributed by atoms with Crippen molar-refractivity contribution >= 4 is 33.9 Å². The molecule has 1 saturated heterocycles. The highest BCUT2D eigenvalue weighted by Crippen LogP contribution is 2.23. The molecule has 2 amide bonds. The van der Waals surface area contributed by atoms with Gasteiger partial charge in [0.1, 0.15) is 0 Å². The molecule has 0 bridgehead atoms. The number of hydrogen-bond donors (Lipinski definition) is 1. The van der Waals surface area contributed by atoms with Gasteiger partial charge in [-0.25, -0.2) is 0 Å². The maximum absolute atomic E-state index is 12.9. The van der Waals surface area contributed by atoms with Gasteiger partial charge in [0.2, 0.25) is 5.91 Å². The van der Waals surface area contributed by atoms with Crippen LogP contribution in [0.15, 0.2) is 60.0 Å². The third-order valence-electron chi connectivity index (χ3n) is 5.44. The van der Waals surface area contributed by atoms with Crippen LogP contribution in [0.5, 0.6) is 0 Å². The molecule has 0 spiro atoms. The normalized spacial score (nSPS) is 18.0. The molecule has 4 rings (SSSR count). The molecule has 0 radical (unpaired) electrons. The van der Waals surface area contributed by atoms with Gasteiger partial charge >= 0.3 is 0 Å². The van der Waals surface area contributed by atoms with Crippen molar-refractivity contribution in [3.05, 3.63) is 70.4 Å². The second-order valence-electron chi connectivity index (χ2n) is 7.40. The summed E-state index contributed by atoms with van der Waals surface area (Å²) in [5.74, 6) is -0.0833. The lowest BCUT2D eigenvalue weighted by atomic mass is 9.96. The molecule has 5 heteroatoms. The minimum atomic E-state index is -0.152. The van der Waals surface area contributed by atoms with E-state index < -0.39 is 0 Å². The number of hydrogen-bond acceptors (Lipinski definition) is 3. The summed E-state index contributed by atoms with van der Waals surface area (Å²) in [6.45, 7) is 3.23. The fraction of sp³-hybridized carbons (Fsp3) is 0.304. The van der Waals surface area contributed by atoms with Crippen molar-refractivity contribution in [3.8, 4) is 0 Å². The summed E-state index contributed by atoms with van der Waals surface area (Å²) in [7, 11) is 0. The number of carbonyl (C=O) groups excluding carboxylic acids is 2. The lowest BCUT2D eigenvalue weighted by Gasteiger charge is -2.32. The number of carbonyl (C=O) groups is 2. The first-order valence-corrected chi connectivity index (χ1v) is 10.6. The molecule has 28 heavy (non-hydrogen) atoms. The zero-order chi connectivity index (χ0) is 19.5. The Bertz CT molecular complexity index is 983. The summed E-state index contributed by atoms with van der Waals surface area (Å²) in [4.78, 5) is 28.0. The molecule has 2 atom stereocenters. The summed E-state index contributed by atoms with van der Waals surface area (Å²) < 4.78 is 0. The Balaban J connectivity index is 1.41. The molecule has 2 aromatic carbocycles. The van der Waals surface area contributed by atoms with Crippen molar-refractivity contribution in [2.75, 3.05) is 13.1 Å². The molecule has 1 N–H and O–H groups in total. The number of nitrogens with one attached hydrogen (secondary N) is 1. The number of nitrogens with zero attached hydrogens (tertiary/aromatic N) is 1. The van der Waals surface area contributed by atoms with Crippen molar-refractivity contribution in [2.24, 2.45) is 5.92 Å². The monoisotopic (exact) mass is 392 g/mol. The summed E-state index contributed by atoms with van der Waals surface area (Å²) in [6, 6.07) is 18.2. The molecule has 0 aliphatic carbocycles. The van der Waals surface area contributed by atoms with E-state index in [0.717, 1.165) is 29.8 Å². The van der Waals surface area contributed by atoms with E-state index in [1.54, 1.807) is 0 Å². The smallest absolute Gasteiger partial charge is 0.263 e. The third-order valence-corrected chi connectivity index (χ3v) is 6.30. The first-order valence-electron chi connectivity index (χ1n) is 9.73. The van der Waals surface area contributed by atoms with Crippen LogP contribution in [0.25, 0.3) is 10.8 Å². The van der Waals surface area contributed by atoms with Crippen molar-refractivity contribution in [1.82, 2.24) is 10.2 Å². The van der Waals surface area contributed by atoms with Gasteiger partial charge in [0.25, 0.3) is 5.91 Å². The van der Waals surface area contributed by atoms with Gasteiger partial charge in [-0.3, -0.25) is 9.59 Å². The number of fused-ring (bicyclic) bond motifs is 1. The molecule has 0 saturated carbocycles. The first kappa shape index (κ1) is 18.7. The lowest BCUT2D eigenvalue weighted by Crippen LogP contribution is -2.45. The standard InChI is InChI=1S/C23H24N2O2S/c1-16(18-11-10-17-6-2-3-7-19(17)14-18)24-22(26)20-8-4-12-25(15-20)23(27)21-9-5-13-28-21/h2-3,5-7,9-11,13-14,16,20H,4,8,12,15H2,1H3,(H,24,26)/t16-,20+/m1/s1. The minimum Gasteiger partial charge on any atom is -0.349 e. The fourth-order valence-corrected chi connectivity index (χ4v) is 4.51. The predicted octanol–water partition coefficient (Wildman–Crippen LogP) is 4.63. The Morgan fingerprint density at radius 2 is 1.93 bits per heavy atom. The van der Waals surface area contributed by atoms with E-state index in [2.05, 4.69) is 35.6 Å². The number of thiophene rings is 1. The summed E-state index contributed by atoms with van der Waals surface area (Å²) in [5.41, 5.74) is 1.09. The highest BCUT2D eigenvalue weighted by molar-refractivity contribution is 7.12. The van der Waals surface area contributed by atoms with Crippen LogP contribution in [0.4, 0.5) is 0 Å².